The number of nitrogens with one attached hydrogen (secondary N) is 1. The molecule has 0 saturated heterocycles. The van der Waals surface area contributed by atoms with Crippen molar-refractivity contribution in [1.29, 1.82) is 0 Å². The standard InChI is InChI=1S/C12H18NO5/c1-14-12(15-2,16-3)8-9-17-10-4-6-11(18-13)7-5-10/h4-7,13H,8-9H2,1-3H3. The summed E-state index contributed by atoms with van der Waals surface area (Å²) < 4.78 is 20.9. The molecule has 0 saturated carbocycles. The van der Waals surface area contributed by atoms with Crippen LogP contribution < -0.4 is 15.5 Å². The first-order valence-electron chi connectivity index (χ1n) is 5.41. The zero-order valence-electron chi connectivity index (χ0n) is 10.8. The van der Waals surface area contributed by atoms with Gasteiger partial charge in [-0.15, -0.1) is 0 Å². The molecule has 18 heavy (non-hydrogen) atoms. The quantitative estimate of drug-likeness (QED) is 0.522. The van der Waals surface area contributed by atoms with Gasteiger partial charge in [-0.3, -0.25) is 0 Å². The van der Waals surface area contributed by atoms with Gasteiger partial charge in [0.1, 0.15) is 11.5 Å². The lowest BCUT2D eigenvalue weighted by molar-refractivity contribution is -0.356. The van der Waals surface area contributed by atoms with Crippen LogP contribution in [0.15, 0.2) is 24.3 Å². The highest BCUT2D eigenvalue weighted by Crippen LogP contribution is 2.20. The molecule has 0 atom stereocenters. The molecule has 101 valence electrons. The van der Waals surface area contributed by atoms with Gasteiger partial charge < -0.3 is 23.8 Å². The van der Waals surface area contributed by atoms with E-state index >= 15 is 0 Å². The van der Waals surface area contributed by atoms with Crippen molar-refractivity contribution in [2.75, 3.05) is 27.9 Å². The molecule has 0 aliphatic rings. The molecule has 1 N–H and O–H groups in total. The fourth-order valence-corrected chi connectivity index (χ4v) is 1.45. The van der Waals surface area contributed by atoms with E-state index in [-0.39, 0.29) is 0 Å². The Hall–Kier alpha value is -1.34. The van der Waals surface area contributed by atoms with Crippen LogP contribution in [-0.4, -0.2) is 33.9 Å². The van der Waals surface area contributed by atoms with Crippen molar-refractivity contribution in [2.45, 2.75) is 12.4 Å². The largest absolute Gasteiger partial charge is 0.493 e. The normalized spacial score (nSPS) is 11.3. The van der Waals surface area contributed by atoms with Gasteiger partial charge in [-0.2, -0.15) is 0 Å². The number of hydrogen-bond donors (Lipinski definition) is 0. The minimum absolute atomic E-state index is 0.372. The summed E-state index contributed by atoms with van der Waals surface area (Å²) in [5.41, 5.74) is 0. The van der Waals surface area contributed by atoms with Crippen molar-refractivity contribution in [2.24, 2.45) is 0 Å². The Morgan fingerprint density at radius 1 is 0.944 bits per heavy atom. The van der Waals surface area contributed by atoms with Gasteiger partial charge in [0.25, 0.3) is 5.97 Å². The van der Waals surface area contributed by atoms with E-state index in [4.69, 9.17) is 24.8 Å². The highest BCUT2D eigenvalue weighted by atomic mass is 16.9. The Labute approximate surface area is 106 Å². The Balaban J connectivity index is 2.44. The second-order valence-electron chi connectivity index (χ2n) is 3.47. The third-order valence-corrected chi connectivity index (χ3v) is 2.55. The second kappa shape index (κ2) is 7.17. The molecular weight excluding hydrogens is 238 g/mol. The lowest BCUT2D eigenvalue weighted by atomic mass is 10.3. The van der Waals surface area contributed by atoms with E-state index in [2.05, 4.69) is 4.84 Å². The molecule has 1 radical (unpaired) electrons. The van der Waals surface area contributed by atoms with Crippen LogP contribution in [0.1, 0.15) is 6.42 Å². The monoisotopic (exact) mass is 256 g/mol. The fraction of sp³-hybridized carbons (Fsp3) is 0.500. The third-order valence-electron chi connectivity index (χ3n) is 2.55. The minimum Gasteiger partial charge on any atom is -0.493 e. The Kier molecular flexibility index (Phi) is 5.87. The van der Waals surface area contributed by atoms with E-state index in [1.165, 1.54) is 21.3 Å². The van der Waals surface area contributed by atoms with Crippen LogP contribution in [0.3, 0.4) is 0 Å². The molecule has 0 spiro atoms. The molecule has 0 aromatic heterocycles. The summed E-state index contributed by atoms with van der Waals surface area (Å²) in [5, 5.41) is 0. The topological polar surface area (TPSA) is 70.0 Å². The van der Waals surface area contributed by atoms with Gasteiger partial charge in [0.15, 0.2) is 0 Å². The minimum atomic E-state index is -1.08. The maximum Gasteiger partial charge on any atom is 0.285 e. The number of rotatable bonds is 8. The summed E-state index contributed by atoms with van der Waals surface area (Å²) in [7, 11) is 4.52. The number of methoxy groups -OCH3 is 3. The smallest absolute Gasteiger partial charge is 0.285 e. The van der Waals surface area contributed by atoms with Gasteiger partial charge >= 0.3 is 0 Å². The van der Waals surface area contributed by atoms with Gasteiger partial charge in [0.2, 0.25) is 0 Å². The molecular formula is C12H18NO5. The van der Waals surface area contributed by atoms with Crippen molar-refractivity contribution < 1.29 is 23.8 Å². The Morgan fingerprint density at radius 2 is 1.44 bits per heavy atom. The predicted molar refractivity (Wildman–Crippen MR) is 64.0 cm³/mol. The SMILES string of the molecule is COC(CCOc1ccc(O[NH])cc1)(OC)OC. The maximum atomic E-state index is 6.72. The van der Waals surface area contributed by atoms with Crippen LogP contribution in [0.4, 0.5) is 0 Å². The highest BCUT2D eigenvalue weighted by molar-refractivity contribution is 5.30. The Morgan fingerprint density at radius 3 is 1.89 bits per heavy atom. The molecule has 0 aliphatic heterocycles. The number of benzene rings is 1. The summed E-state index contributed by atoms with van der Waals surface area (Å²) in [5.74, 6) is 6.77. The maximum absolute atomic E-state index is 6.72. The molecule has 1 rings (SSSR count). The molecule has 0 aliphatic carbocycles. The van der Waals surface area contributed by atoms with Crippen molar-refractivity contribution >= 4 is 0 Å². The molecule has 0 fully saturated rings. The summed E-state index contributed by atoms with van der Waals surface area (Å²) in [6, 6.07) is 6.74. The van der Waals surface area contributed by atoms with E-state index in [9.17, 15) is 0 Å². The van der Waals surface area contributed by atoms with Crippen molar-refractivity contribution in [1.82, 2.24) is 5.90 Å². The lowest BCUT2D eigenvalue weighted by Gasteiger charge is -2.28. The molecule has 0 heterocycles. The summed E-state index contributed by atoms with van der Waals surface area (Å²) in [6.45, 7) is 0.372. The average molecular weight is 256 g/mol. The van der Waals surface area contributed by atoms with Gasteiger partial charge in [-0.05, 0) is 24.3 Å². The van der Waals surface area contributed by atoms with Crippen LogP contribution in [0.25, 0.3) is 0 Å². The molecule has 0 bridgehead atoms. The molecule has 0 amide bonds. The van der Waals surface area contributed by atoms with Crippen LogP contribution in [-0.2, 0) is 14.2 Å². The van der Waals surface area contributed by atoms with Crippen molar-refractivity contribution in [3.8, 4) is 11.5 Å². The molecule has 1 aromatic carbocycles. The molecule has 6 nitrogen and oxygen atoms in total. The second-order valence-corrected chi connectivity index (χ2v) is 3.47. The zero-order chi connectivity index (χ0) is 13.4. The first-order chi connectivity index (χ1) is 8.69. The van der Waals surface area contributed by atoms with E-state index in [1.54, 1.807) is 24.3 Å². The first-order valence-corrected chi connectivity index (χ1v) is 5.41. The average Bonchev–Trinajstić information content (AvgIpc) is 2.45. The van der Waals surface area contributed by atoms with Crippen molar-refractivity contribution in [3.63, 3.8) is 0 Å². The summed E-state index contributed by atoms with van der Waals surface area (Å²) in [4.78, 5) is 4.31. The van der Waals surface area contributed by atoms with Crippen LogP contribution >= 0.6 is 0 Å². The third kappa shape index (κ3) is 3.85. The fourth-order valence-electron chi connectivity index (χ4n) is 1.45. The lowest BCUT2D eigenvalue weighted by Crippen LogP contribution is -2.37. The van der Waals surface area contributed by atoms with Gasteiger partial charge in [-0.1, -0.05) is 5.90 Å². The van der Waals surface area contributed by atoms with E-state index in [0.29, 0.717) is 24.5 Å². The van der Waals surface area contributed by atoms with Crippen molar-refractivity contribution in [3.05, 3.63) is 24.3 Å². The molecule has 6 heteroatoms. The van der Waals surface area contributed by atoms with Gasteiger partial charge in [0.05, 0.1) is 13.0 Å². The Bertz CT molecular complexity index is 329. The zero-order valence-corrected chi connectivity index (χ0v) is 10.8. The number of ether oxygens (including phenoxy) is 4. The van der Waals surface area contributed by atoms with E-state index < -0.39 is 5.97 Å². The highest BCUT2D eigenvalue weighted by Gasteiger charge is 2.29. The molecule has 1 aromatic rings. The van der Waals surface area contributed by atoms with Crippen LogP contribution in [0.2, 0.25) is 0 Å². The predicted octanol–water partition coefficient (Wildman–Crippen LogP) is 1.63. The van der Waals surface area contributed by atoms with Crippen LogP contribution in [0, 0.1) is 0 Å². The van der Waals surface area contributed by atoms with Gasteiger partial charge in [0, 0.05) is 21.3 Å². The van der Waals surface area contributed by atoms with Gasteiger partial charge in [-0.25, -0.2) is 0 Å². The summed E-state index contributed by atoms with van der Waals surface area (Å²) in [6.07, 6.45) is 0.424. The first kappa shape index (κ1) is 14.7. The summed E-state index contributed by atoms with van der Waals surface area (Å²) >= 11 is 0. The van der Waals surface area contributed by atoms with E-state index in [1.807, 2.05) is 0 Å². The van der Waals surface area contributed by atoms with Crippen LogP contribution in [0.5, 0.6) is 11.5 Å². The molecule has 0 unspecified atom stereocenters. The van der Waals surface area contributed by atoms with E-state index in [0.717, 1.165) is 0 Å². The number of hydrogen-bond acceptors (Lipinski definition) is 5.